The zero-order chi connectivity index (χ0) is 26.5. The van der Waals surface area contributed by atoms with Crippen LogP contribution in [0.15, 0.2) is 33.4 Å². The molecule has 0 bridgehead atoms. The van der Waals surface area contributed by atoms with Crippen LogP contribution in [-0.4, -0.2) is 59.6 Å². The number of allylic oxidation sites excluding steroid dienone is 2. The third-order valence-electron chi connectivity index (χ3n) is 3.37. The maximum atomic E-state index is 11.6. The molecular weight excluding hydrogens is 524 g/mol. The number of carbonyl (C=O) groups excluding carboxylic acids is 4. The molecule has 1 aliphatic rings. The molecule has 1 fully saturated rings. The number of H-pyrrole nitrogens is 4. The Hall–Kier alpha value is -4.35. The first-order chi connectivity index (χ1) is 16.5. The molecular formula is C18H16N6O8S3. The van der Waals surface area contributed by atoms with E-state index in [1.807, 2.05) is 0 Å². The fraction of sp³-hybridized carbons (Fsp3) is 0.0556. The lowest BCUT2D eigenvalue weighted by molar-refractivity contribution is -0.123. The summed E-state index contributed by atoms with van der Waals surface area (Å²) in [5.41, 5.74) is -1.28. The van der Waals surface area contributed by atoms with Crippen molar-refractivity contribution in [3.63, 3.8) is 0 Å². The summed E-state index contributed by atoms with van der Waals surface area (Å²) < 4.78 is 0.104. The number of amides is 2. The maximum absolute atomic E-state index is 11.6. The number of nitrogens with one attached hydrogen (secondary N) is 6. The molecule has 17 heteroatoms. The van der Waals surface area contributed by atoms with Crippen LogP contribution >= 0.6 is 36.7 Å². The van der Waals surface area contributed by atoms with E-state index in [2.05, 4.69) is 67.2 Å². The Balaban J connectivity index is 0.000000359. The number of carbonyl (C=O) groups is 4. The highest BCUT2D eigenvalue weighted by molar-refractivity contribution is 7.80. The van der Waals surface area contributed by atoms with Gasteiger partial charge in [-0.1, -0.05) is 6.08 Å². The van der Waals surface area contributed by atoms with Crippen LogP contribution in [0.25, 0.3) is 6.08 Å². The van der Waals surface area contributed by atoms with Gasteiger partial charge >= 0.3 is 0 Å². The number of hydrogen-bond donors (Lipinski definition) is 8. The largest absolute Gasteiger partial charge is 0.494 e. The van der Waals surface area contributed by atoms with Crippen molar-refractivity contribution < 1.29 is 29.4 Å². The molecule has 8 N–H and O–H groups in total. The number of aromatic amines is 4. The lowest BCUT2D eigenvalue weighted by Crippen LogP contribution is -2.51. The lowest BCUT2D eigenvalue weighted by atomic mass is 10.1. The van der Waals surface area contributed by atoms with Crippen molar-refractivity contribution in [1.29, 1.82) is 0 Å². The highest BCUT2D eigenvalue weighted by Gasteiger charge is 2.24. The smallest absolute Gasteiger partial charge is 0.263 e. The third-order valence-corrected chi connectivity index (χ3v) is 3.98. The van der Waals surface area contributed by atoms with Crippen LogP contribution in [0.3, 0.4) is 0 Å². The molecule has 0 radical (unpaired) electrons. The average Bonchev–Trinajstić information content (AvgIpc) is 2.72. The highest BCUT2D eigenvalue weighted by Crippen LogP contribution is 2.09. The Morgan fingerprint density at radius 3 is 1.86 bits per heavy atom. The van der Waals surface area contributed by atoms with Crippen molar-refractivity contribution in [1.82, 2.24) is 30.6 Å². The summed E-state index contributed by atoms with van der Waals surface area (Å²) in [6, 6.07) is 1.01. The van der Waals surface area contributed by atoms with Gasteiger partial charge in [-0.15, -0.1) is 0 Å². The van der Waals surface area contributed by atoms with Crippen molar-refractivity contribution in [2.45, 2.75) is 6.42 Å². The highest BCUT2D eigenvalue weighted by atomic mass is 32.1. The molecule has 1 saturated heterocycles. The number of aromatic nitrogens is 4. The third kappa shape index (κ3) is 9.98. The predicted molar refractivity (Wildman–Crippen MR) is 131 cm³/mol. The molecule has 0 atom stereocenters. The second kappa shape index (κ2) is 14.0. The molecule has 184 valence electrons. The number of aromatic hydroxyl groups is 2. The van der Waals surface area contributed by atoms with E-state index >= 15 is 0 Å². The van der Waals surface area contributed by atoms with Crippen molar-refractivity contribution in [3.8, 4) is 11.8 Å². The van der Waals surface area contributed by atoms with Gasteiger partial charge in [0.1, 0.15) is 18.1 Å². The zero-order valence-corrected chi connectivity index (χ0v) is 19.7. The second-order valence-corrected chi connectivity index (χ2v) is 7.11. The van der Waals surface area contributed by atoms with Crippen molar-refractivity contribution in [2.24, 2.45) is 0 Å². The van der Waals surface area contributed by atoms with E-state index in [9.17, 15) is 33.9 Å². The van der Waals surface area contributed by atoms with Gasteiger partial charge in [0.25, 0.3) is 22.9 Å². The van der Waals surface area contributed by atoms with Gasteiger partial charge in [-0.25, -0.2) is 0 Å². The van der Waals surface area contributed by atoms with E-state index in [0.717, 1.165) is 6.07 Å². The number of hydrogen-bond acceptors (Lipinski definition) is 11. The SMILES string of the molecule is O=C1NC(=S)NC(=O)C1=C/C=C/c1c(O)[nH]c(=S)[nH]c1=O.O=CCC=O.O=c1cc(O)[nH]c(=S)[nH]1. The fourth-order valence-corrected chi connectivity index (χ4v) is 2.58. The average molecular weight is 541 g/mol. The summed E-state index contributed by atoms with van der Waals surface area (Å²) in [6.45, 7) is 0. The summed E-state index contributed by atoms with van der Waals surface area (Å²) in [7, 11) is 0. The standard InChI is InChI=1S/C11H8N4O4S2.C4H4N2O2S.C3H4O2/c16-6-4(7(17)13-10(20)12-6)2-1-3-5-8(18)14-11(21)15-9(5)19;7-2-1-3(8)6-4(9)5-2;4-2-1-3-5/h1-3H,(H2,12,13,16,17,20)(H3,14,15,18,19,21);1H,(H3,5,6,7,8,9);2-3H,1H2/b3-1+;;. The van der Waals surface area contributed by atoms with Crippen LogP contribution in [0, 0.1) is 9.54 Å². The van der Waals surface area contributed by atoms with E-state index in [-0.39, 0.29) is 38.1 Å². The zero-order valence-electron chi connectivity index (χ0n) is 17.2. The predicted octanol–water partition coefficient (Wildman–Crippen LogP) is -0.479. The van der Waals surface area contributed by atoms with Crippen LogP contribution in [0.2, 0.25) is 0 Å². The number of rotatable bonds is 4. The summed E-state index contributed by atoms with van der Waals surface area (Å²) in [4.78, 5) is 72.6. The van der Waals surface area contributed by atoms with Crippen LogP contribution < -0.4 is 21.8 Å². The molecule has 2 aromatic heterocycles. The van der Waals surface area contributed by atoms with Crippen molar-refractivity contribution >= 4 is 72.2 Å². The van der Waals surface area contributed by atoms with E-state index < -0.39 is 28.8 Å². The van der Waals surface area contributed by atoms with Crippen LogP contribution in [-0.2, 0) is 19.2 Å². The quantitative estimate of drug-likeness (QED) is 0.0811. The molecule has 35 heavy (non-hydrogen) atoms. The molecule has 2 aromatic rings. The van der Waals surface area contributed by atoms with Crippen molar-refractivity contribution in [2.75, 3.05) is 0 Å². The molecule has 2 amide bonds. The van der Waals surface area contributed by atoms with E-state index in [4.69, 9.17) is 5.11 Å². The van der Waals surface area contributed by atoms with Crippen LogP contribution in [0.5, 0.6) is 11.8 Å². The first-order valence-corrected chi connectivity index (χ1v) is 10.2. The van der Waals surface area contributed by atoms with Gasteiger partial charge in [-0.05, 0) is 48.8 Å². The number of thiocarbonyl (C=S) groups is 1. The molecule has 1 aliphatic heterocycles. The van der Waals surface area contributed by atoms with Gasteiger partial charge in [0, 0.05) is 0 Å². The Kier molecular flexibility index (Phi) is 11.5. The Morgan fingerprint density at radius 1 is 0.829 bits per heavy atom. The van der Waals surface area contributed by atoms with Gasteiger partial charge in [-0.3, -0.25) is 39.8 Å². The molecule has 0 aromatic carbocycles. The van der Waals surface area contributed by atoms with Gasteiger partial charge in [0.15, 0.2) is 20.5 Å². The van der Waals surface area contributed by atoms with Crippen molar-refractivity contribution in [3.05, 3.63) is 59.6 Å². The Bertz CT molecular complexity index is 1380. The molecule has 14 nitrogen and oxygen atoms in total. The Morgan fingerprint density at radius 2 is 1.40 bits per heavy atom. The van der Waals surface area contributed by atoms with E-state index in [0.29, 0.717) is 12.6 Å². The normalized spacial score (nSPS) is 12.3. The molecule has 0 aliphatic carbocycles. The first kappa shape index (κ1) is 28.7. The fourth-order valence-electron chi connectivity index (χ4n) is 2.00. The summed E-state index contributed by atoms with van der Waals surface area (Å²) in [6.07, 6.45) is 4.83. The topological polar surface area (TPSA) is 230 Å². The molecule has 3 heterocycles. The minimum Gasteiger partial charge on any atom is -0.494 e. The Labute approximate surface area is 209 Å². The first-order valence-electron chi connectivity index (χ1n) is 8.99. The van der Waals surface area contributed by atoms with E-state index in [1.165, 1.54) is 18.2 Å². The van der Waals surface area contributed by atoms with E-state index in [1.54, 1.807) is 0 Å². The molecule has 3 rings (SSSR count). The molecule has 0 saturated carbocycles. The van der Waals surface area contributed by atoms with Gasteiger partial charge in [0.05, 0.1) is 18.1 Å². The van der Waals surface area contributed by atoms with Crippen LogP contribution in [0.4, 0.5) is 0 Å². The maximum Gasteiger partial charge on any atom is 0.263 e. The van der Waals surface area contributed by atoms with Gasteiger partial charge in [-0.2, -0.15) is 0 Å². The second-order valence-electron chi connectivity index (χ2n) is 5.89. The van der Waals surface area contributed by atoms with Gasteiger partial charge in [0.2, 0.25) is 5.88 Å². The summed E-state index contributed by atoms with van der Waals surface area (Å²) in [5, 5.41) is 22.7. The minimum absolute atomic E-state index is 0.0208. The van der Waals surface area contributed by atoms with Crippen LogP contribution in [0.1, 0.15) is 12.0 Å². The number of aldehydes is 2. The molecule has 0 unspecified atom stereocenters. The summed E-state index contributed by atoms with van der Waals surface area (Å²) in [5.74, 6) is -1.95. The minimum atomic E-state index is -0.654. The molecule has 0 spiro atoms. The lowest BCUT2D eigenvalue weighted by Gasteiger charge is -2.15. The van der Waals surface area contributed by atoms with Gasteiger partial charge < -0.3 is 29.8 Å². The summed E-state index contributed by atoms with van der Waals surface area (Å²) >= 11 is 13.8. The monoisotopic (exact) mass is 540 g/mol.